The number of hydrogen-bond acceptors (Lipinski definition) is 3. The van der Waals surface area contributed by atoms with Crippen LogP contribution in [0.5, 0.6) is 0 Å². The molecule has 1 saturated heterocycles. The van der Waals surface area contributed by atoms with Crippen molar-refractivity contribution in [3.63, 3.8) is 0 Å². The summed E-state index contributed by atoms with van der Waals surface area (Å²) < 4.78 is 0. The van der Waals surface area contributed by atoms with Gasteiger partial charge in [0.15, 0.2) is 0 Å². The zero-order valence-corrected chi connectivity index (χ0v) is 9.87. The Bertz CT molecular complexity index is 180. The first-order chi connectivity index (χ1) is 7.34. The summed E-state index contributed by atoms with van der Waals surface area (Å²) in [4.78, 5) is 8.18. The highest BCUT2D eigenvalue weighted by Crippen LogP contribution is 2.20. The summed E-state index contributed by atoms with van der Waals surface area (Å²) in [5, 5.41) is 0. The van der Waals surface area contributed by atoms with Gasteiger partial charge in [0, 0.05) is 6.04 Å². The fourth-order valence-corrected chi connectivity index (χ4v) is 2.56. The number of nitrogens with zero attached hydrogens (tertiary/aromatic N) is 1. The lowest BCUT2D eigenvalue weighted by Gasteiger charge is -2.19. The molecule has 0 spiro atoms. The molecule has 2 fully saturated rings. The van der Waals surface area contributed by atoms with Gasteiger partial charge in [0.2, 0.25) is 0 Å². The van der Waals surface area contributed by atoms with Crippen LogP contribution < -0.4 is 5.48 Å². The van der Waals surface area contributed by atoms with Crippen LogP contribution in [-0.2, 0) is 4.84 Å². The molecular weight excluding hydrogens is 188 g/mol. The topological polar surface area (TPSA) is 24.5 Å². The highest BCUT2D eigenvalue weighted by Gasteiger charge is 2.19. The van der Waals surface area contributed by atoms with Crippen molar-refractivity contribution >= 4 is 0 Å². The smallest absolute Gasteiger partial charge is 0.0790 e. The lowest BCUT2D eigenvalue weighted by molar-refractivity contribution is -0.0422. The van der Waals surface area contributed by atoms with E-state index in [9.17, 15) is 0 Å². The molecule has 3 heteroatoms. The minimum atomic E-state index is 0.492. The van der Waals surface area contributed by atoms with Crippen LogP contribution in [0.1, 0.15) is 44.9 Å². The summed E-state index contributed by atoms with van der Waals surface area (Å²) in [5.41, 5.74) is 3.30. The van der Waals surface area contributed by atoms with E-state index in [-0.39, 0.29) is 0 Å². The quantitative estimate of drug-likeness (QED) is 0.724. The molecule has 1 N–H and O–H groups in total. The van der Waals surface area contributed by atoms with Crippen molar-refractivity contribution in [2.45, 2.75) is 57.1 Å². The second-order valence-electron chi connectivity index (χ2n) is 5.07. The Morgan fingerprint density at radius 2 is 1.80 bits per heavy atom. The first kappa shape index (κ1) is 11.4. The highest BCUT2D eigenvalue weighted by molar-refractivity contribution is 4.72. The third-order valence-electron chi connectivity index (χ3n) is 3.66. The van der Waals surface area contributed by atoms with Crippen molar-refractivity contribution in [3.05, 3.63) is 0 Å². The number of rotatable bonds is 3. The molecule has 2 rings (SSSR count). The van der Waals surface area contributed by atoms with Gasteiger partial charge in [0.1, 0.15) is 0 Å². The van der Waals surface area contributed by atoms with Gasteiger partial charge in [-0.15, -0.1) is 0 Å². The summed E-state index contributed by atoms with van der Waals surface area (Å²) in [6.07, 6.45) is 9.47. The molecule has 1 aliphatic heterocycles. The highest BCUT2D eigenvalue weighted by atomic mass is 16.7. The molecule has 0 radical (unpaired) electrons. The summed E-state index contributed by atoms with van der Waals surface area (Å²) in [6, 6.07) is 0.579. The van der Waals surface area contributed by atoms with Crippen molar-refractivity contribution in [1.82, 2.24) is 10.4 Å². The van der Waals surface area contributed by atoms with Gasteiger partial charge in [-0.3, -0.25) is 4.84 Å². The molecule has 0 aromatic carbocycles. The van der Waals surface area contributed by atoms with E-state index >= 15 is 0 Å². The zero-order chi connectivity index (χ0) is 10.5. The van der Waals surface area contributed by atoms with Gasteiger partial charge in [-0.05, 0) is 52.2 Å². The van der Waals surface area contributed by atoms with Gasteiger partial charge in [-0.2, -0.15) is 5.48 Å². The van der Waals surface area contributed by atoms with Crippen molar-refractivity contribution < 1.29 is 4.84 Å². The largest absolute Gasteiger partial charge is 0.306 e. The first-order valence-electron chi connectivity index (χ1n) is 6.44. The van der Waals surface area contributed by atoms with Crippen molar-refractivity contribution in [2.75, 3.05) is 20.1 Å². The van der Waals surface area contributed by atoms with E-state index in [1.807, 2.05) is 0 Å². The Kier molecular flexibility index (Phi) is 4.42. The Morgan fingerprint density at radius 3 is 2.60 bits per heavy atom. The van der Waals surface area contributed by atoms with Crippen LogP contribution >= 0.6 is 0 Å². The fraction of sp³-hybridized carbons (Fsp3) is 1.00. The Labute approximate surface area is 93.1 Å². The van der Waals surface area contributed by atoms with Gasteiger partial charge in [-0.25, -0.2) is 0 Å². The molecule has 1 atom stereocenters. The van der Waals surface area contributed by atoms with Crippen LogP contribution in [0.2, 0.25) is 0 Å². The van der Waals surface area contributed by atoms with Crippen LogP contribution in [0, 0.1) is 0 Å². The molecule has 3 nitrogen and oxygen atoms in total. The predicted octanol–water partition coefficient (Wildman–Crippen LogP) is 1.93. The molecule has 1 saturated carbocycles. The van der Waals surface area contributed by atoms with Crippen LogP contribution in [-0.4, -0.2) is 37.2 Å². The van der Waals surface area contributed by atoms with E-state index in [0.29, 0.717) is 12.1 Å². The zero-order valence-electron chi connectivity index (χ0n) is 9.87. The van der Waals surface area contributed by atoms with Gasteiger partial charge in [0.05, 0.1) is 6.10 Å². The minimum Gasteiger partial charge on any atom is -0.306 e. The van der Waals surface area contributed by atoms with E-state index in [0.717, 1.165) is 0 Å². The molecule has 1 unspecified atom stereocenters. The van der Waals surface area contributed by atoms with Crippen LogP contribution in [0.15, 0.2) is 0 Å². The number of hydroxylamine groups is 1. The average molecular weight is 212 g/mol. The van der Waals surface area contributed by atoms with E-state index in [4.69, 9.17) is 4.84 Å². The third kappa shape index (κ3) is 3.74. The molecule has 15 heavy (non-hydrogen) atoms. The standard InChI is InChI=1S/C12H24N2O/c1-14-9-4-5-11(8-10-14)13-15-12-6-2-3-7-12/h11-13H,2-10H2,1H3. The summed E-state index contributed by atoms with van der Waals surface area (Å²) in [5.74, 6) is 0. The van der Waals surface area contributed by atoms with Crippen LogP contribution in [0.3, 0.4) is 0 Å². The Balaban J connectivity index is 1.64. The minimum absolute atomic E-state index is 0.492. The number of likely N-dealkylation sites (tertiary alicyclic amines) is 1. The summed E-state index contributed by atoms with van der Waals surface area (Å²) >= 11 is 0. The lowest BCUT2D eigenvalue weighted by atomic mass is 10.1. The molecule has 88 valence electrons. The van der Waals surface area contributed by atoms with Gasteiger partial charge in [-0.1, -0.05) is 12.8 Å². The van der Waals surface area contributed by atoms with E-state index in [1.165, 1.54) is 58.0 Å². The molecule has 0 aromatic rings. The maximum atomic E-state index is 5.76. The maximum absolute atomic E-state index is 5.76. The molecule has 0 aromatic heterocycles. The summed E-state index contributed by atoms with van der Waals surface area (Å²) in [7, 11) is 2.21. The number of hydrogen-bond donors (Lipinski definition) is 1. The second kappa shape index (κ2) is 5.83. The van der Waals surface area contributed by atoms with Gasteiger partial charge in [0.25, 0.3) is 0 Å². The van der Waals surface area contributed by atoms with Gasteiger partial charge >= 0.3 is 0 Å². The maximum Gasteiger partial charge on any atom is 0.0790 e. The normalized spacial score (nSPS) is 30.6. The monoisotopic (exact) mass is 212 g/mol. The van der Waals surface area contributed by atoms with Crippen molar-refractivity contribution in [2.24, 2.45) is 0 Å². The van der Waals surface area contributed by atoms with Crippen molar-refractivity contribution in [1.29, 1.82) is 0 Å². The number of nitrogens with one attached hydrogen (secondary N) is 1. The molecule has 0 bridgehead atoms. The fourth-order valence-electron chi connectivity index (χ4n) is 2.56. The third-order valence-corrected chi connectivity index (χ3v) is 3.66. The van der Waals surface area contributed by atoms with Crippen LogP contribution in [0.4, 0.5) is 0 Å². The molecule has 2 aliphatic rings. The van der Waals surface area contributed by atoms with E-state index in [1.54, 1.807) is 0 Å². The molecular formula is C12H24N2O. The van der Waals surface area contributed by atoms with E-state index < -0.39 is 0 Å². The Hall–Kier alpha value is -0.120. The SMILES string of the molecule is CN1CCCC(NOC2CCCC2)CC1. The molecule has 0 amide bonds. The average Bonchev–Trinajstić information content (AvgIpc) is 2.66. The summed E-state index contributed by atoms with van der Waals surface area (Å²) in [6.45, 7) is 2.44. The lowest BCUT2D eigenvalue weighted by Crippen LogP contribution is -2.33. The predicted molar refractivity (Wildman–Crippen MR) is 61.6 cm³/mol. The molecule has 1 heterocycles. The van der Waals surface area contributed by atoms with Crippen molar-refractivity contribution in [3.8, 4) is 0 Å². The second-order valence-corrected chi connectivity index (χ2v) is 5.07. The van der Waals surface area contributed by atoms with Crippen LogP contribution in [0.25, 0.3) is 0 Å². The molecule has 1 aliphatic carbocycles. The first-order valence-corrected chi connectivity index (χ1v) is 6.44. The van der Waals surface area contributed by atoms with Gasteiger partial charge < -0.3 is 4.90 Å². The Morgan fingerprint density at radius 1 is 1.00 bits per heavy atom. The van der Waals surface area contributed by atoms with E-state index in [2.05, 4.69) is 17.4 Å².